The number of nitrogens with zero attached hydrogens (tertiary/aromatic N) is 3. The second-order valence-electron chi connectivity index (χ2n) is 6.27. The number of nitrogens with one attached hydrogen (secondary N) is 2. The summed E-state index contributed by atoms with van der Waals surface area (Å²) >= 11 is 0. The zero-order valence-electron chi connectivity index (χ0n) is 16.3. The minimum Gasteiger partial charge on any atom is -0.459 e. The van der Waals surface area contributed by atoms with Crippen LogP contribution in [0.3, 0.4) is 0 Å². The molecule has 0 radical (unpaired) electrons. The maximum absolute atomic E-state index is 12.0. The molecule has 0 atom stereocenters. The molecule has 8 nitrogen and oxygen atoms in total. The molecule has 0 aliphatic carbocycles. The van der Waals surface area contributed by atoms with Gasteiger partial charge in [0.1, 0.15) is 0 Å². The molecule has 1 saturated heterocycles. The number of rotatable bonds is 6. The fraction of sp³-hybridized carbons (Fsp3) is 0.611. The molecule has 0 bridgehead atoms. The summed E-state index contributed by atoms with van der Waals surface area (Å²) in [5.74, 6) is 1.16. The van der Waals surface area contributed by atoms with Gasteiger partial charge < -0.3 is 24.9 Å². The predicted octanol–water partition coefficient (Wildman–Crippen LogP) is 1.46. The summed E-state index contributed by atoms with van der Waals surface area (Å²) in [5.41, 5.74) is 0.833. The molecule has 2 heterocycles. The minimum atomic E-state index is -0.191. The fourth-order valence-corrected chi connectivity index (χ4v) is 2.81. The van der Waals surface area contributed by atoms with Crippen LogP contribution in [0, 0.1) is 6.92 Å². The Kier molecular flexibility index (Phi) is 10.2. The van der Waals surface area contributed by atoms with Gasteiger partial charge in [0.2, 0.25) is 5.91 Å². The van der Waals surface area contributed by atoms with Crippen LogP contribution in [-0.4, -0.2) is 73.4 Å². The molecular formula is C18H30IN5O3. The average molecular weight is 491 g/mol. The van der Waals surface area contributed by atoms with Crippen molar-refractivity contribution in [1.29, 1.82) is 0 Å². The van der Waals surface area contributed by atoms with E-state index in [1.165, 1.54) is 6.26 Å². The molecule has 1 aromatic rings. The van der Waals surface area contributed by atoms with Gasteiger partial charge in [-0.15, -0.1) is 24.0 Å². The highest BCUT2D eigenvalue weighted by molar-refractivity contribution is 14.0. The summed E-state index contributed by atoms with van der Waals surface area (Å²) in [6.45, 7) is 10.4. The summed E-state index contributed by atoms with van der Waals surface area (Å²) < 4.78 is 5.17. The topological polar surface area (TPSA) is 90.2 Å². The zero-order chi connectivity index (χ0) is 18.9. The normalized spacial score (nSPS) is 14.6. The Bertz CT molecular complexity index is 639. The number of piperazine rings is 1. The third-order valence-corrected chi connectivity index (χ3v) is 4.31. The molecule has 2 N–H and O–H groups in total. The van der Waals surface area contributed by atoms with Crippen molar-refractivity contribution in [2.45, 2.75) is 27.2 Å². The predicted molar refractivity (Wildman–Crippen MR) is 116 cm³/mol. The summed E-state index contributed by atoms with van der Waals surface area (Å²) in [6, 6.07) is 1.77. The Labute approximate surface area is 177 Å². The molecule has 1 aliphatic heterocycles. The van der Waals surface area contributed by atoms with Gasteiger partial charge in [0.15, 0.2) is 11.7 Å². The van der Waals surface area contributed by atoms with Gasteiger partial charge >= 0.3 is 0 Å². The Morgan fingerprint density at radius 2 is 1.85 bits per heavy atom. The maximum Gasteiger partial charge on any atom is 0.287 e. The summed E-state index contributed by atoms with van der Waals surface area (Å²) in [4.78, 5) is 32.1. The van der Waals surface area contributed by atoms with Crippen molar-refractivity contribution in [3.8, 4) is 0 Å². The van der Waals surface area contributed by atoms with Gasteiger partial charge in [-0.2, -0.15) is 0 Å². The number of hydrogen-bond donors (Lipinski definition) is 2. The molecule has 152 valence electrons. The first kappa shape index (κ1) is 23.3. The Hall–Kier alpha value is -1.78. The van der Waals surface area contributed by atoms with Crippen LogP contribution in [0.15, 0.2) is 21.7 Å². The Morgan fingerprint density at radius 1 is 1.19 bits per heavy atom. The van der Waals surface area contributed by atoms with E-state index in [4.69, 9.17) is 4.42 Å². The van der Waals surface area contributed by atoms with E-state index in [-0.39, 0.29) is 35.8 Å². The lowest BCUT2D eigenvalue weighted by molar-refractivity contribution is -0.130. The standard InChI is InChI=1S/C18H29N5O3.HI/c1-4-19-18(23-11-9-22(10-12-23)15(3)24)21-8-5-7-20-17(25)16-14(2)6-13-26-16;/h6,13H,4-5,7-12H2,1-3H3,(H,19,21)(H,20,25);1H. The molecule has 2 amide bonds. The molecule has 1 aromatic heterocycles. The second-order valence-corrected chi connectivity index (χ2v) is 6.27. The SMILES string of the molecule is CCNC(=NCCCNC(=O)c1occc1C)N1CCN(C(C)=O)CC1.I. The maximum atomic E-state index is 12.0. The van der Waals surface area contributed by atoms with Crippen LogP contribution < -0.4 is 10.6 Å². The van der Waals surface area contributed by atoms with Crippen molar-refractivity contribution in [3.63, 3.8) is 0 Å². The molecule has 2 rings (SSSR count). The lowest BCUT2D eigenvalue weighted by Gasteiger charge is -2.36. The van der Waals surface area contributed by atoms with E-state index in [1.54, 1.807) is 13.0 Å². The number of amides is 2. The number of furan rings is 1. The van der Waals surface area contributed by atoms with Crippen LogP contribution in [0.5, 0.6) is 0 Å². The van der Waals surface area contributed by atoms with Gasteiger partial charge in [0, 0.05) is 58.3 Å². The highest BCUT2D eigenvalue weighted by Crippen LogP contribution is 2.08. The summed E-state index contributed by atoms with van der Waals surface area (Å²) in [7, 11) is 0. The van der Waals surface area contributed by atoms with E-state index in [9.17, 15) is 9.59 Å². The van der Waals surface area contributed by atoms with E-state index < -0.39 is 0 Å². The van der Waals surface area contributed by atoms with Crippen molar-refractivity contribution in [2.24, 2.45) is 4.99 Å². The molecule has 0 aromatic carbocycles. The fourth-order valence-electron chi connectivity index (χ4n) is 2.81. The molecular weight excluding hydrogens is 461 g/mol. The zero-order valence-corrected chi connectivity index (χ0v) is 18.6. The first-order valence-electron chi connectivity index (χ1n) is 9.14. The number of carbonyl (C=O) groups is 2. The summed E-state index contributed by atoms with van der Waals surface area (Å²) in [5, 5.41) is 6.15. The smallest absolute Gasteiger partial charge is 0.287 e. The van der Waals surface area contributed by atoms with Gasteiger partial charge in [-0.3, -0.25) is 14.6 Å². The van der Waals surface area contributed by atoms with Crippen LogP contribution in [0.1, 0.15) is 36.4 Å². The van der Waals surface area contributed by atoms with Crippen LogP contribution in [0.4, 0.5) is 0 Å². The number of aryl methyl sites for hydroxylation is 1. The monoisotopic (exact) mass is 491 g/mol. The van der Waals surface area contributed by atoms with Crippen LogP contribution in [0.2, 0.25) is 0 Å². The Balaban J connectivity index is 0.00000364. The van der Waals surface area contributed by atoms with Gasteiger partial charge in [-0.05, 0) is 26.3 Å². The Morgan fingerprint density at radius 3 is 2.41 bits per heavy atom. The van der Waals surface area contributed by atoms with E-state index in [0.29, 0.717) is 18.8 Å². The summed E-state index contributed by atoms with van der Waals surface area (Å²) in [6.07, 6.45) is 2.26. The molecule has 0 unspecified atom stereocenters. The number of guanidine groups is 1. The molecule has 9 heteroatoms. The van der Waals surface area contributed by atoms with E-state index in [1.807, 2.05) is 18.7 Å². The van der Waals surface area contributed by atoms with E-state index in [2.05, 4.69) is 20.5 Å². The average Bonchev–Trinajstić information content (AvgIpc) is 3.06. The van der Waals surface area contributed by atoms with E-state index >= 15 is 0 Å². The lowest BCUT2D eigenvalue weighted by atomic mass is 10.2. The highest BCUT2D eigenvalue weighted by Gasteiger charge is 2.20. The highest BCUT2D eigenvalue weighted by atomic mass is 127. The minimum absolute atomic E-state index is 0. The van der Waals surface area contributed by atoms with Crippen molar-refractivity contribution in [3.05, 3.63) is 23.7 Å². The second kappa shape index (κ2) is 11.8. The van der Waals surface area contributed by atoms with Crippen molar-refractivity contribution in [2.75, 3.05) is 45.8 Å². The van der Waals surface area contributed by atoms with Crippen LogP contribution >= 0.6 is 24.0 Å². The van der Waals surface area contributed by atoms with Gasteiger partial charge in [-0.1, -0.05) is 0 Å². The quantitative estimate of drug-likeness (QED) is 0.272. The first-order chi connectivity index (χ1) is 12.5. The van der Waals surface area contributed by atoms with Crippen molar-refractivity contribution < 1.29 is 14.0 Å². The van der Waals surface area contributed by atoms with Crippen LogP contribution in [-0.2, 0) is 4.79 Å². The van der Waals surface area contributed by atoms with Gasteiger partial charge in [-0.25, -0.2) is 0 Å². The largest absolute Gasteiger partial charge is 0.459 e. The number of carbonyl (C=O) groups excluding carboxylic acids is 2. The third kappa shape index (κ3) is 7.04. The number of hydrogen-bond acceptors (Lipinski definition) is 4. The lowest BCUT2D eigenvalue weighted by Crippen LogP contribution is -2.53. The third-order valence-electron chi connectivity index (χ3n) is 4.31. The van der Waals surface area contributed by atoms with Crippen molar-refractivity contribution in [1.82, 2.24) is 20.4 Å². The molecule has 1 fully saturated rings. The molecule has 27 heavy (non-hydrogen) atoms. The number of aliphatic imine (C=N–C) groups is 1. The number of halogens is 1. The van der Waals surface area contributed by atoms with Gasteiger partial charge in [0.25, 0.3) is 5.91 Å². The molecule has 0 saturated carbocycles. The van der Waals surface area contributed by atoms with Crippen molar-refractivity contribution >= 4 is 41.8 Å². The molecule has 0 spiro atoms. The molecule has 1 aliphatic rings. The first-order valence-corrected chi connectivity index (χ1v) is 9.14. The van der Waals surface area contributed by atoms with Gasteiger partial charge in [0.05, 0.1) is 6.26 Å². The van der Waals surface area contributed by atoms with E-state index in [0.717, 1.165) is 50.7 Å². The van der Waals surface area contributed by atoms with Crippen LogP contribution in [0.25, 0.3) is 0 Å².